The number of allylic oxidation sites excluding steroid dienone is 1. The van der Waals surface area contributed by atoms with Gasteiger partial charge in [0.2, 0.25) is 11.4 Å². The molecular formula is C15H21NO4. The van der Waals surface area contributed by atoms with Crippen LogP contribution in [0.1, 0.15) is 39.5 Å². The van der Waals surface area contributed by atoms with E-state index in [1.165, 1.54) is 0 Å². The molecule has 3 aliphatic rings. The fourth-order valence-corrected chi connectivity index (χ4v) is 4.05. The SMILES string of the molecule is CC[C@H]1C(=O)N[C@@]2(C(O)[C@@H]3C=CCCC3)C(=O)O[C@@]12C. The highest BCUT2D eigenvalue weighted by Gasteiger charge is 2.79. The van der Waals surface area contributed by atoms with Gasteiger partial charge in [-0.25, -0.2) is 4.79 Å². The molecule has 0 aromatic carbocycles. The first kappa shape index (κ1) is 13.6. The van der Waals surface area contributed by atoms with Gasteiger partial charge in [-0.1, -0.05) is 19.1 Å². The summed E-state index contributed by atoms with van der Waals surface area (Å²) in [6.45, 7) is 3.65. The number of carbonyl (C=O) groups is 2. The summed E-state index contributed by atoms with van der Waals surface area (Å²) in [7, 11) is 0. The largest absolute Gasteiger partial charge is 0.453 e. The van der Waals surface area contributed by atoms with Crippen molar-refractivity contribution in [2.24, 2.45) is 11.8 Å². The predicted octanol–water partition coefficient (Wildman–Crippen LogP) is 0.914. The average molecular weight is 279 g/mol. The molecule has 2 aliphatic heterocycles. The summed E-state index contributed by atoms with van der Waals surface area (Å²) < 4.78 is 5.33. The van der Waals surface area contributed by atoms with Crippen LogP contribution in [0.4, 0.5) is 0 Å². The molecule has 2 saturated heterocycles. The minimum atomic E-state index is -1.27. The zero-order valence-electron chi connectivity index (χ0n) is 11.9. The van der Waals surface area contributed by atoms with E-state index in [1.807, 2.05) is 19.1 Å². The van der Waals surface area contributed by atoms with Gasteiger partial charge < -0.3 is 15.2 Å². The quantitative estimate of drug-likeness (QED) is 0.595. The summed E-state index contributed by atoms with van der Waals surface area (Å²) in [6.07, 6.45) is 6.47. The zero-order valence-corrected chi connectivity index (χ0v) is 11.9. The van der Waals surface area contributed by atoms with Crippen LogP contribution in [-0.2, 0) is 14.3 Å². The van der Waals surface area contributed by atoms with E-state index in [4.69, 9.17) is 4.74 Å². The van der Waals surface area contributed by atoms with Gasteiger partial charge in [0.05, 0.1) is 12.0 Å². The molecule has 1 amide bonds. The molecular weight excluding hydrogens is 258 g/mol. The minimum absolute atomic E-state index is 0.105. The summed E-state index contributed by atoms with van der Waals surface area (Å²) >= 11 is 0. The summed E-state index contributed by atoms with van der Waals surface area (Å²) in [5, 5.41) is 13.5. The fourth-order valence-electron chi connectivity index (χ4n) is 4.05. The molecule has 20 heavy (non-hydrogen) atoms. The summed E-state index contributed by atoms with van der Waals surface area (Å²) in [4.78, 5) is 24.2. The summed E-state index contributed by atoms with van der Waals surface area (Å²) in [5.74, 6) is -1.19. The van der Waals surface area contributed by atoms with E-state index >= 15 is 0 Å². The first-order valence-corrected chi connectivity index (χ1v) is 7.37. The Morgan fingerprint density at radius 2 is 2.30 bits per heavy atom. The molecule has 5 atom stereocenters. The van der Waals surface area contributed by atoms with Gasteiger partial charge in [0.25, 0.3) is 0 Å². The standard InChI is InChI=1S/C15H21NO4/c1-3-10-12(18)16-15(13(19)20-14(10,15)2)11(17)9-7-5-4-6-8-9/h5,7,9-11,17H,3-4,6,8H2,1-2H3,(H,16,18)/t9-,10+,11?,14+,15+/m1/s1. The van der Waals surface area contributed by atoms with Gasteiger partial charge >= 0.3 is 5.97 Å². The molecule has 0 bridgehead atoms. The molecule has 0 aromatic heterocycles. The van der Waals surface area contributed by atoms with Crippen molar-refractivity contribution in [3.05, 3.63) is 12.2 Å². The molecule has 2 fully saturated rings. The minimum Gasteiger partial charge on any atom is -0.453 e. The molecule has 2 heterocycles. The van der Waals surface area contributed by atoms with Crippen LogP contribution in [0.25, 0.3) is 0 Å². The molecule has 0 radical (unpaired) electrons. The van der Waals surface area contributed by atoms with Gasteiger partial charge in [0, 0.05) is 5.92 Å². The van der Waals surface area contributed by atoms with Crippen molar-refractivity contribution < 1.29 is 19.4 Å². The molecule has 0 spiro atoms. The van der Waals surface area contributed by atoms with Gasteiger partial charge in [0.1, 0.15) is 0 Å². The Morgan fingerprint density at radius 3 is 2.85 bits per heavy atom. The van der Waals surface area contributed by atoms with Crippen molar-refractivity contribution in [1.82, 2.24) is 5.32 Å². The Hall–Kier alpha value is -1.36. The zero-order chi connectivity index (χ0) is 14.5. The maximum absolute atomic E-state index is 12.1. The fraction of sp³-hybridized carbons (Fsp3) is 0.733. The summed E-state index contributed by atoms with van der Waals surface area (Å²) in [5.41, 5.74) is -2.20. The third-order valence-corrected chi connectivity index (χ3v) is 5.26. The first-order valence-electron chi connectivity index (χ1n) is 7.37. The number of hydrogen-bond donors (Lipinski definition) is 2. The lowest BCUT2D eigenvalue weighted by atomic mass is 9.64. The average Bonchev–Trinajstić information content (AvgIpc) is 2.62. The number of carbonyl (C=O) groups excluding carboxylic acids is 2. The number of esters is 1. The van der Waals surface area contributed by atoms with Crippen LogP contribution in [0.2, 0.25) is 0 Å². The van der Waals surface area contributed by atoms with E-state index in [1.54, 1.807) is 6.92 Å². The second-order valence-corrected chi connectivity index (χ2v) is 6.22. The molecule has 0 saturated carbocycles. The number of aliphatic hydroxyl groups is 1. The maximum atomic E-state index is 12.1. The molecule has 1 unspecified atom stereocenters. The monoisotopic (exact) mass is 279 g/mol. The number of rotatable bonds is 3. The van der Waals surface area contributed by atoms with E-state index in [0.29, 0.717) is 6.42 Å². The van der Waals surface area contributed by atoms with Crippen LogP contribution < -0.4 is 5.32 Å². The number of aliphatic hydroxyl groups excluding tert-OH is 1. The first-order chi connectivity index (χ1) is 9.47. The molecule has 110 valence electrons. The van der Waals surface area contributed by atoms with E-state index in [2.05, 4.69) is 5.32 Å². The Bertz CT molecular complexity index is 488. The normalized spacial score (nSPS) is 44.4. The number of amides is 1. The van der Waals surface area contributed by atoms with Crippen molar-refractivity contribution in [1.29, 1.82) is 0 Å². The predicted molar refractivity (Wildman–Crippen MR) is 71.6 cm³/mol. The van der Waals surface area contributed by atoms with Gasteiger partial charge in [-0.3, -0.25) is 4.79 Å². The van der Waals surface area contributed by atoms with Crippen molar-refractivity contribution in [3.63, 3.8) is 0 Å². The van der Waals surface area contributed by atoms with Crippen LogP contribution in [0, 0.1) is 11.8 Å². The molecule has 2 N–H and O–H groups in total. The molecule has 5 heteroatoms. The Morgan fingerprint density at radius 1 is 1.55 bits per heavy atom. The van der Waals surface area contributed by atoms with Crippen LogP contribution in [0.3, 0.4) is 0 Å². The highest BCUT2D eigenvalue weighted by molar-refractivity contribution is 6.01. The Balaban J connectivity index is 1.97. The van der Waals surface area contributed by atoms with Crippen molar-refractivity contribution in [2.45, 2.75) is 56.8 Å². The van der Waals surface area contributed by atoms with Crippen LogP contribution in [0.15, 0.2) is 12.2 Å². The van der Waals surface area contributed by atoms with Gasteiger partial charge in [0.15, 0.2) is 5.60 Å². The smallest absolute Gasteiger partial charge is 0.339 e. The van der Waals surface area contributed by atoms with Crippen molar-refractivity contribution in [3.8, 4) is 0 Å². The number of ether oxygens (including phenoxy) is 1. The van der Waals surface area contributed by atoms with E-state index in [9.17, 15) is 14.7 Å². The van der Waals surface area contributed by atoms with Gasteiger partial charge in [-0.15, -0.1) is 0 Å². The number of hydrogen-bond acceptors (Lipinski definition) is 4. The lowest BCUT2D eigenvalue weighted by Gasteiger charge is -2.54. The summed E-state index contributed by atoms with van der Waals surface area (Å²) in [6, 6.07) is 0. The van der Waals surface area contributed by atoms with Crippen LogP contribution in [0.5, 0.6) is 0 Å². The van der Waals surface area contributed by atoms with Crippen molar-refractivity contribution >= 4 is 11.9 Å². The third kappa shape index (κ3) is 1.41. The lowest BCUT2D eigenvalue weighted by molar-refractivity contribution is -0.238. The third-order valence-electron chi connectivity index (χ3n) is 5.26. The molecule has 5 nitrogen and oxygen atoms in total. The van der Waals surface area contributed by atoms with E-state index in [-0.39, 0.29) is 17.7 Å². The molecule has 0 aromatic rings. The van der Waals surface area contributed by atoms with Crippen molar-refractivity contribution in [2.75, 3.05) is 0 Å². The molecule has 3 rings (SSSR count). The number of nitrogens with one attached hydrogen (secondary N) is 1. The molecule has 1 aliphatic carbocycles. The topological polar surface area (TPSA) is 75.6 Å². The van der Waals surface area contributed by atoms with Crippen LogP contribution >= 0.6 is 0 Å². The van der Waals surface area contributed by atoms with Gasteiger partial charge in [-0.2, -0.15) is 0 Å². The highest BCUT2D eigenvalue weighted by Crippen LogP contribution is 2.53. The van der Waals surface area contributed by atoms with Crippen LogP contribution in [-0.4, -0.2) is 34.2 Å². The Labute approximate surface area is 118 Å². The Kier molecular flexibility index (Phi) is 2.94. The van der Waals surface area contributed by atoms with Gasteiger partial charge in [-0.05, 0) is 32.6 Å². The second kappa shape index (κ2) is 4.32. The second-order valence-electron chi connectivity index (χ2n) is 6.22. The maximum Gasteiger partial charge on any atom is 0.339 e. The lowest BCUT2D eigenvalue weighted by Crippen LogP contribution is -2.80. The van der Waals surface area contributed by atoms with E-state index in [0.717, 1.165) is 19.3 Å². The van der Waals surface area contributed by atoms with E-state index < -0.39 is 23.2 Å². The highest BCUT2D eigenvalue weighted by atomic mass is 16.6. The number of fused-ring (bicyclic) bond motifs is 1.